The van der Waals surface area contributed by atoms with Gasteiger partial charge in [-0.25, -0.2) is 9.78 Å². The van der Waals surface area contributed by atoms with Crippen molar-refractivity contribution in [3.8, 4) is 17.0 Å². The number of hydrogen-bond acceptors (Lipinski definition) is 10. The van der Waals surface area contributed by atoms with Gasteiger partial charge in [0.25, 0.3) is 5.91 Å². The van der Waals surface area contributed by atoms with Crippen LogP contribution in [0, 0.1) is 13.8 Å². The Kier molecular flexibility index (Phi) is 14.5. The molecular weight excluding hydrogens is 789 g/mol. The van der Waals surface area contributed by atoms with Gasteiger partial charge in [0.1, 0.15) is 12.4 Å². The summed E-state index contributed by atoms with van der Waals surface area (Å²) < 4.78 is 17.0. The first-order chi connectivity index (χ1) is 28.7. The van der Waals surface area contributed by atoms with Crippen molar-refractivity contribution in [3.63, 3.8) is 0 Å². The zero-order valence-electron chi connectivity index (χ0n) is 33.6. The second-order valence-corrected chi connectivity index (χ2v) is 17.4. The number of hydrogen-bond donors (Lipinski definition) is 4. The van der Waals surface area contributed by atoms with E-state index in [2.05, 4.69) is 27.3 Å². The van der Waals surface area contributed by atoms with Gasteiger partial charge in [0.05, 0.1) is 50.6 Å². The predicted molar refractivity (Wildman–Crippen MR) is 232 cm³/mol. The molecule has 7 rings (SSSR count). The Morgan fingerprint density at radius 3 is 2.54 bits per heavy atom. The molecular formula is C44H52N6O7S2. The molecule has 3 aliphatic heterocycles. The summed E-state index contributed by atoms with van der Waals surface area (Å²) in [6.45, 7) is 7.10. The minimum absolute atomic E-state index is 0.0170. The number of thiazole rings is 1. The van der Waals surface area contributed by atoms with Crippen LogP contribution in [0.25, 0.3) is 11.3 Å². The van der Waals surface area contributed by atoms with Gasteiger partial charge in [-0.15, -0.1) is 11.3 Å². The highest BCUT2D eigenvalue weighted by Crippen LogP contribution is 2.37. The zero-order valence-corrected chi connectivity index (χ0v) is 35.2. The fourth-order valence-corrected chi connectivity index (χ4v) is 10.0. The lowest BCUT2D eigenvalue weighted by Gasteiger charge is -2.18. The molecule has 0 spiro atoms. The van der Waals surface area contributed by atoms with Crippen LogP contribution in [0.5, 0.6) is 5.75 Å². The number of urea groups is 1. The Bertz CT molecular complexity index is 2110. The number of fused-ring (bicyclic) bond motifs is 2. The van der Waals surface area contributed by atoms with E-state index in [0.717, 1.165) is 75.5 Å². The molecule has 4 N–H and O–H groups in total. The summed E-state index contributed by atoms with van der Waals surface area (Å²) in [7, 11) is 0. The lowest BCUT2D eigenvalue weighted by Crippen LogP contribution is -2.36. The number of nitrogens with one attached hydrogen (secondary N) is 4. The van der Waals surface area contributed by atoms with E-state index in [1.807, 2.05) is 91.2 Å². The van der Waals surface area contributed by atoms with Gasteiger partial charge in [0.2, 0.25) is 11.8 Å². The van der Waals surface area contributed by atoms with Crippen LogP contribution in [-0.4, -0.2) is 97.9 Å². The Morgan fingerprint density at radius 1 is 0.915 bits per heavy atom. The summed E-state index contributed by atoms with van der Waals surface area (Å²) in [5, 5.41) is 12.8. The molecule has 3 aliphatic rings. The molecule has 0 bridgehead atoms. The SMILES string of the molecule is Cc1ccccc1C(=O)N1CCc2cc(-c3nc(NC(=O)Cc4ccc(OCCOCCOCCNC(=O)CCCC[C@@H]5SC[C@@H]6NC(=O)N[C@@H]65)cc4)sc3C)ccc21. The third-order valence-corrected chi connectivity index (χ3v) is 13.1. The molecule has 0 aliphatic carbocycles. The van der Waals surface area contributed by atoms with Gasteiger partial charge >= 0.3 is 6.03 Å². The number of amides is 5. The van der Waals surface area contributed by atoms with E-state index >= 15 is 0 Å². The molecule has 1 aromatic heterocycles. The first kappa shape index (κ1) is 42.2. The molecule has 15 heteroatoms. The van der Waals surface area contributed by atoms with E-state index in [9.17, 15) is 19.2 Å². The molecule has 0 radical (unpaired) electrons. The lowest BCUT2D eigenvalue weighted by atomic mass is 10.0. The summed E-state index contributed by atoms with van der Waals surface area (Å²) in [6.07, 6.45) is 4.26. The summed E-state index contributed by atoms with van der Waals surface area (Å²) in [5.41, 5.74) is 6.37. The molecule has 4 aromatic rings. The van der Waals surface area contributed by atoms with Crippen molar-refractivity contribution in [2.24, 2.45) is 0 Å². The Morgan fingerprint density at radius 2 is 1.71 bits per heavy atom. The number of unbranched alkanes of at least 4 members (excludes halogenated alkanes) is 1. The number of benzene rings is 3. The van der Waals surface area contributed by atoms with Gasteiger partial charge in [-0.05, 0) is 80.1 Å². The highest BCUT2D eigenvalue weighted by atomic mass is 32.2. The molecule has 3 aromatic carbocycles. The van der Waals surface area contributed by atoms with Crippen molar-refractivity contribution in [2.75, 3.05) is 62.1 Å². The van der Waals surface area contributed by atoms with Crippen molar-refractivity contribution in [1.82, 2.24) is 20.9 Å². The van der Waals surface area contributed by atoms with Crippen LogP contribution in [0.4, 0.5) is 15.6 Å². The van der Waals surface area contributed by atoms with Crippen LogP contribution in [0.15, 0.2) is 66.7 Å². The van der Waals surface area contributed by atoms with Crippen molar-refractivity contribution < 1.29 is 33.4 Å². The number of anilines is 2. The molecule has 312 valence electrons. The minimum atomic E-state index is -0.153. The number of aromatic nitrogens is 1. The largest absolute Gasteiger partial charge is 0.491 e. The molecule has 13 nitrogen and oxygen atoms in total. The minimum Gasteiger partial charge on any atom is -0.491 e. The number of carbonyl (C=O) groups is 4. The van der Waals surface area contributed by atoms with Crippen molar-refractivity contribution in [2.45, 2.75) is 69.7 Å². The maximum absolute atomic E-state index is 13.3. The molecule has 2 fully saturated rings. The average molecular weight is 841 g/mol. The average Bonchev–Trinajstić information content (AvgIpc) is 4.01. The second-order valence-electron chi connectivity index (χ2n) is 14.9. The number of aryl methyl sites for hydroxylation is 2. The molecule has 4 heterocycles. The topological polar surface area (TPSA) is 160 Å². The Balaban J connectivity index is 0.731. The third-order valence-electron chi connectivity index (χ3n) is 10.7. The van der Waals surface area contributed by atoms with Gasteiger partial charge < -0.3 is 40.4 Å². The van der Waals surface area contributed by atoms with E-state index in [1.165, 1.54) is 11.3 Å². The van der Waals surface area contributed by atoms with Crippen LogP contribution in [0.3, 0.4) is 0 Å². The van der Waals surface area contributed by atoms with Crippen molar-refractivity contribution in [1.29, 1.82) is 0 Å². The van der Waals surface area contributed by atoms with Gasteiger partial charge in [-0.3, -0.25) is 14.4 Å². The fourth-order valence-electron chi connectivity index (χ4n) is 7.65. The number of rotatable bonds is 20. The molecule has 5 amide bonds. The van der Waals surface area contributed by atoms with Crippen LogP contribution in [0.2, 0.25) is 0 Å². The van der Waals surface area contributed by atoms with Crippen molar-refractivity contribution >= 4 is 57.7 Å². The van der Waals surface area contributed by atoms with Gasteiger partial charge in [0, 0.05) is 52.2 Å². The second kappa shape index (κ2) is 20.3. The van der Waals surface area contributed by atoms with Crippen molar-refractivity contribution in [3.05, 3.63) is 93.9 Å². The van der Waals surface area contributed by atoms with Gasteiger partial charge in [-0.1, -0.05) is 42.8 Å². The smallest absolute Gasteiger partial charge is 0.315 e. The molecule has 2 saturated heterocycles. The Hall–Kier alpha value is -4.96. The highest BCUT2D eigenvalue weighted by molar-refractivity contribution is 8.00. The van der Waals surface area contributed by atoms with E-state index in [1.54, 1.807) is 0 Å². The van der Waals surface area contributed by atoms with E-state index in [-0.39, 0.29) is 42.3 Å². The Labute approximate surface area is 353 Å². The summed E-state index contributed by atoms with van der Waals surface area (Å²) in [6, 6.07) is 21.6. The quantitative estimate of drug-likeness (QED) is 0.0613. The van der Waals surface area contributed by atoms with Gasteiger partial charge in [0.15, 0.2) is 5.13 Å². The first-order valence-corrected chi connectivity index (χ1v) is 22.2. The number of carbonyl (C=O) groups excluding carboxylic acids is 4. The van der Waals surface area contributed by atoms with Crippen LogP contribution >= 0.6 is 23.1 Å². The number of thioether (sulfide) groups is 1. The maximum atomic E-state index is 13.3. The normalized spacial score (nSPS) is 17.9. The van der Waals surface area contributed by atoms with Crippen LogP contribution in [0.1, 0.15) is 57.6 Å². The van der Waals surface area contributed by atoms with E-state index in [4.69, 9.17) is 19.2 Å². The fraction of sp³-hybridized carbons (Fsp3) is 0.432. The zero-order chi connectivity index (χ0) is 41.1. The summed E-state index contributed by atoms with van der Waals surface area (Å²) >= 11 is 3.34. The van der Waals surface area contributed by atoms with Gasteiger partial charge in [-0.2, -0.15) is 11.8 Å². The van der Waals surface area contributed by atoms with Crippen LogP contribution in [-0.2, 0) is 31.9 Å². The highest BCUT2D eigenvalue weighted by Gasteiger charge is 2.42. The predicted octanol–water partition coefficient (Wildman–Crippen LogP) is 6.07. The van der Waals surface area contributed by atoms with Crippen LogP contribution < -0.4 is 30.9 Å². The molecule has 0 unspecified atom stereocenters. The standard InChI is InChI=1S/C44H52N6O7S2/c1-28-7-3-4-8-34(28)42(53)50-19-17-31-26-32(13-16-36(31)50)40-29(2)59-44(49-40)47-39(52)25-30-11-14-33(15-12-30)57-24-23-56-22-21-55-20-18-45-38(51)10-6-5-9-37-41-35(27-58-37)46-43(54)48-41/h3-4,7-8,11-16,26,35,37,41H,5-6,9-10,17-25,27H2,1-2H3,(H,45,51)(H2,46,48,54)(H,47,49,52)/t35-,37-,41-/m0/s1. The summed E-state index contributed by atoms with van der Waals surface area (Å²) in [4.78, 5) is 57.6. The van der Waals surface area contributed by atoms with E-state index in [0.29, 0.717) is 68.7 Å². The molecule has 59 heavy (non-hydrogen) atoms. The molecule has 0 saturated carbocycles. The monoisotopic (exact) mass is 840 g/mol. The van der Waals surface area contributed by atoms with E-state index < -0.39 is 0 Å². The lowest BCUT2D eigenvalue weighted by molar-refractivity contribution is -0.121. The maximum Gasteiger partial charge on any atom is 0.315 e. The molecule has 3 atom stereocenters. The third kappa shape index (κ3) is 11.2. The first-order valence-electron chi connectivity index (χ1n) is 20.3. The number of nitrogens with zero attached hydrogens (tertiary/aromatic N) is 2. The summed E-state index contributed by atoms with van der Waals surface area (Å²) in [5.74, 6) is 1.53. The number of ether oxygens (including phenoxy) is 3.